The van der Waals surface area contributed by atoms with Gasteiger partial charge in [0.1, 0.15) is 35.4 Å². The standard InChI is InChI=1S/C28H29NO5/c1-3-32-28(31)26-24-16-23(14-15-25(24)34-27(26)21-12-8-5-9-13-21)33-19-22(30)18-29(2)17-20-10-6-4-7-11-20/h4-16,22,30H,3,17-19H2,1-2H3. The Morgan fingerprint density at radius 2 is 1.74 bits per heavy atom. The van der Waals surface area contributed by atoms with Gasteiger partial charge in [-0.05, 0) is 37.7 Å². The van der Waals surface area contributed by atoms with Crippen LogP contribution in [0.5, 0.6) is 5.75 Å². The van der Waals surface area contributed by atoms with Crippen molar-refractivity contribution in [1.29, 1.82) is 0 Å². The number of carbonyl (C=O) groups is 1. The minimum absolute atomic E-state index is 0.128. The number of ether oxygens (including phenoxy) is 2. The zero-order valence-corrected chi connectivity index (χ0v) is 19.4. The highest BCUT2D eigenvalue weighted by molar-refractivity contribution is 6.09. The fourth-order valence-corrected chi connectivity index (χ4v) is 3.93. The molecule has 0 radical (unpaired) electrons. The molecule has 3 aromatic carbocycles. The van der Waals surface area contributed by atoms with Gasteiger partial charge in [0.25, 0.3) is 0 Å². The van der Waals surface area contributed by atoms with Crippen molar-refractivity contribution in [2.45, 2.75) is 19.6 Å². The molecule has 176 valence electrons. The SMILES string of the molecule is CCOC(=O)c1c(-c2ccccc2)oc2ccc(OCC(O)CN(C)Cc3ccccc3)cc12. The van der Waals surface area contributed by atoms with Crippen molar-refractivity contribution < 1.29 is 23.8 Å². The monoisotopic (exact) mass is 459 g/mol. The third-order valence-electron chi connectivity index (χ3n) is 5.44. The van der Waals surface area contributed by atoms with Crippen LogP contribution in [-0.4, -0.2) is 48.9 Å². The zero-order valence-electron chi connectivity index (χ0n) is 19.4. The molecule has 0 aliphatic heterocycles. The third-order valence-corrected chi connectivity index (χ3v) is 5.44. The number of hydrogen-bond donors (Lipinski definition) is 1. The van der Waals surface area contributed by atoms with Crippen LogP contribution in [0.1, 0.15) is 22.8 Å². The highest BCUT2D eigenvalue weighted by Crippen LogP contribution is 2.36. The molecule has 34 heavy (non-hydrogen) atoms. The second-order valence-electron chi connectivity index (χ2n) is 8.20. The van der Waals surface area contributed by atoms with Gasteiger partial charge in [-0.25, -0.2) is 4.79 Å². The van der Waals surface area contributed by atoms with E-state index >= 15 is 0 Å². The van der Waals surface area contributed by atoms with E-state index in [1.807, 2.05) is 60.5 Å². The van der Waals surface area contributed by atoms with E-state index in [0.717, 1.165) is 12.1 Å². The maximum Gasteiger partial charge on any atom is 0.342 e. The molecule has 1 atom stereocenters. The highest BCUT2D eigenvalue weighted by Gasteiger charge is 2.23. The zero-order chi connectivity index (χ0) is 23.9. The lowest BCUT2D eigenvalue weighted by molar-refractivity contribution is 0.0528. The quantitative estimate of drug-likeness (QED) is 0.331. The van der Waals surface area contributed by atoms with Gasteiger partial charge in [-0.3, -0.25) is 4.90 Å². The van der Waals surface area contributed by atoms with Crippen molar-refractivity contribution in [1.82, 2.24) is 4.90 Å². The summed E-state index contributed by atoms with van der Waals surface area (Å²) in [4.78, 5) is 14.8. The summed E-state index contributed by atoms with van der Waals surface area (Å²) >= 11 is 0. The number of esters is 1. The van der Waals surface area contributed by atoms with Gasteiger partial charge in [-0.15, -0.1) is 0 Å². The molecule has 6 nitrogen and oxygen atoms in total. The first kappa shape index (κ1) is 23.5. The second kappa shape index (κ2) is 11.0. The van der Waals surface area contributed by atoms with Crippen LogP contribution in [0.15, 0.2) is 83.3 Å². The minimum Gasteiger partial charge on any atom is -0.491 e. The van der Waals surface area contributed by atoms with Crippen molar-refractivity contribution in [3.8, 4) is 17.1 Å². The molecule has 0 aliphatic rings. The lowest BCUT2D eigenvalue weighted by atomic mass is 10.1. The number of benzene rings is 3. The smallest absolute Gasteiger partial charge is 0.342 e. The van der Waals surface area contributed by atoms with Crippen molar-refractivity contribution in [2.24, 2.45) is 0 Å². The van der Waals surface area contributed by atoms with E-state index < -0.39 is 12.1 Å². The number of carbonyl (C=O) groups excluding carboxylic acids is 1. The summed E-state index contributed by atoms with van der Waals surface area (Å²) in [6.07, 6.45) is -0.668. The van der Waals surface area contributed by atoms with E-state index in [1.54, 1.807) is 25.1 Å². The average molecular weight is 460 g/mol. The van der Waals surface area contributed by atoms with Gasteiger partial charge in [-0.2, -0.15) is 0 Å². The Kier molecular flexibility index (Phi) is 7.62. The van der Waals surface area contributed by atoms with Crippen LogP contribution in [0, 0.1) is 0 Å². The Balaban J connectivity index is 1.49. The molecule has 0 amide bonds. The van der Waals surface area contributed by atoms with Crippen LogP contribution in [0.25, 0.3) is 22.3 Å². The van der Waals surface area contributed by atoms with E-state index in [9.17, 15) is 9.90 Å². The largest absolute Gasteiger partial charge is 0.491 e. The summed E-state index contributed by atoms with van der Waals surface area (Å²) in [5, 5.41) is 11.1. The Morgan fingerprint density at radius 3 is 2.44 bits per heavy atom. The molecule has 1 N–H and O–H groups in total. The Bertz CT molecular complexity index is 1220. The molecular formula is C28H29NO5. The van der Waals surface area contributed by atoms with Crippen molar-refractivity contribution >= 4 is 16.9 Å². The lowest BCUT2D eigenvalue weighted by Crippen LogP contribution is -2.32. The summed E-state index contributed by atoms with van der Waals surface area (Å²) in [6, 6.07) is 24.9. The predicted molar refractivity (Wildman–Crippen MR) is 132 cm³/mol. The molecule has 6 heteroatoms. The van der Waals surface area contributed by atoms with Crippen molar-refractivity contribution in [3.63, 3.8) is 0 Å². The van der Waals surface area contributed by atoms with E-state index in [4.69, 9.17) is 13.9 Å². The molecule has 1 heterocycles. The number of nitrogens with zero attached hydrogens (tertiary/aromatic N) is 1. The molecule has 0 saturated heterocycles. The van der Waals surface area contributed by atoms with Crippen molar-refractivity contribution in [2.75, 3.05) is 26.8 Å². The molecule has 4 rings (SSSR count). The van der Waals surface area contributed by atoms with Crippen LogP contribution in [0.4, 0.5) is 0 Å². The normalized spacial score (nSPS) is 12.1. The van der Waals surface area contributed by atoms with Crippen LogP contribution in [0.2, 0.25) is 0 Å². The molecule has 0 aliphatic carbocycles. The van der Waals surface area contributed by atoms with Gasteiger partial charge in [0.2, 0.25) is 0 Å². The Labute approximate surface area is 199 Å². The van der Waals surface area contributed by atoms with Crippen LogP contribution in [-0.2, 0) is 11.3 Å². The van der Waals surface area contributed by atoms with Gasteiger partial charge in [0.15, 0.2) is 0 Å². The first-order valence-corrected chi connectivity index (χ1v) is 11.4. The van der Waals surface area contributed by atoms with E-state index in [-0.39, 0.29) is 13.2 Å². The summed E-state index contributed by atoms with van der Waals surface area (Å²) in [5.74, 6) is 0.566. The number of hydrogen-bond acceptors (Lipinski definition) is 6. The predicted octanol–water partition coefficient (Wildman–Crippen LogP) is 5.15. The Hall–Kier alpha value is -3.61. The first-order valence-electron chi connectivity index (χ1n) is 11.4. The number of rotatable bonds is 10. The van der Waals surface area contributed by atoms with Gasteiger partial charge in [0.05, 0.1) is 6.61 Å². The number of fused-ring (bicyclic) bond motifs is 1. The molecule has 0 fully saturated rings. The number of likely N-dealkylation sites (N-methyl/N-ethyl adjacent to an activating group) is 1. The van der Waals surface area contributed by atoms with Gasteiger partial charge in [0, 0.05) is 24.0 Å². The summed E-state index contributed by atoms with van der Waals surface area (Å²) in [7, 11) is 1.96. The van der Waals surface area contributed by atoms with Gasteiger partial charge in [-0.1, -0.05) is 60.7 Å². The number of furan rings is 1. The minimum atomic E-state index is -0.668. The topological polar surface area (TPSA) is 72.1 Å². The first-order chi connectivity index (χ1) is 16.5. The molecule has 0 bridgehead atoms. The number of aliphatic hydroxyl groups is 1. The molecule has 0 spiro atoms. The molecule has 4 aromatic rings. The van der Waals surface area contributed by atoms with Gasteiger partial charge < -0.3 is 19.0 Å². The second-order valence-corrected chi connectivity index (χ2v) is 8.20. The van der Waals surface area contributed by atoms with Gasteiger partial charge >= 0.3 is 5.97 Å². The van der Waals surface area contributed by atoms with E-state index in [2.05, 4.69) is 12.1 Å². The third kappa shape index (κ3) is 5.65. The maximum atomic E-state index is 12.8. The summed E-state index contributed by atoms with van der Waals surface area (Å²) in [5.41, 5.74) is 2.92. The summed E-state index contributed by atoms with van der Waals surface area (Å²) < 4.78 is 17.2. The average Bonchev–Trinajstić information content (AvgIpc) is 3.23. The van der Waals surface area contributed by atoms with Crippen molar-refractivity contribution in [3.05, 3.63) is 90.0 Å². The molecule has 1 aromatic heterocycles. The molecule has 0 saturated carbocycles. The lowest BCUT2D eigenvalue weighted by Gasteiger charge is -2.21. The number of aliphatic hydroxyl groups excluding tert-OH is 1. The highest BCUT2D eigenvalue weighted by atomic mass is 16.5. The molecular weight excluding hydrogens is 430 g/mol. The van der Waals surface area contributed by atoms with E-state index in [1.165, 1.54) is 5.56 Å². The summed E-state index contributed by atoms with van der Waals surface area (Å²) in [6.45, 7) is 3.37. The van der Waals surface area contributed by atoms with Crippen LogP contribution in [0.3, 0.4) is 0 Å². The van der Waals surface area contributed by atoms with Crippen LogP contribution >= 0.6 is 0 Å². The Morgan fingerprint density at radius 1 is 1.03 bits per heavy atom. The maximum absolute atomic E-state index is 12.8. The fourth-order valence-electron chi connectivity index (χ4n) is 3.93. The molecule has 1 unspecified atom stereocenters. The fraction of sp³-hybridized carbons (Fsp3) is 0.250. The van der Waals surface area contributed by atoms with Crippen LogP contribution < -0.4 is 4.74 Å². The van der Waals surface area contributed by atoms with E-state index in [0.29, 0.717) is 34.6 Å².